The molecule has 0 spiro atoms. The molecule has 0 radical (unpaired) electrons. The molecular formula is C17H13Cl2N3O2. The van der Waals surface area contributed by atoms with E-state index in [-0.39, 0.29) is 12.1 Å². The van der Waals surface area contributed by atoms with E-state index in [0.717, 1.165) is 11.1 Å². The van der Waals surface area contributed by atoms with Crippen LogP contribution in [0.15, 0.2) is 47.0 Å². The second-order valence-electron chi connectivity index (χ2n) is 5.67. The lowest BCUT2D eigenvalue weighted by molar-refractivity contribution is 0.164. The highest BCUT2D eigenvalue weighted by Crippen LogP contribution is 2.34. The Morgan fingerprint density at radius 2 is 1.88 bits per heavy atom. The van der Waals surface area contributed by atoms with Gasteiger partial charge in [-0.05, 0) is 29.3 Å². The van der Waals surface area contributed by atoms with Gasteiger partial charge >= 0.3 is 6.01 Å². The monoisotopic (exact) mass is 361 g/mol. The molecule has 2 aromatic carbocycles. The van der Waals surface area contributed by atoms with E-state index in [1.807, 2.05) is 24.3 Å². The van der Waals surface area contributed by atoms with Gasteiger partial charge in [0, 0.05) is 22.0 Å². The second-order valence-corrected chi connectivity index (χ2v) is 6.55. The van der Waals surface area contributed by atoms with E-state index in [4.69, 9.17) is 27.7 Å². The molecule has 2 N–H and O–H groups in total. The van der Waals surface area contributed by atoms with Gasteiger partial charge in [-0.3, -0.25) is 0 Å². The molecule has 3 aromatic rings. The summed E-state index contributed by atoms with van der Waals surface area (Å²) in [6.45, 7) is 0. The molecule has 1 heterocycles. The fourth-order valence-corrected chi connectivity index (χ4v) is 3.49. The van der Waals surface area contributed by atoms with Crippen LogP contribution in [0.3, 0.4) is 0 Å². The molecule has 24 heavy (non-hydrogen) atoms. The minimum atomic E-state index is -0.543. The summed E-state index contributed by atoms with van der Waals surface area (Å²) in [5, 5.41) is 18.3. The summed E-state index contributed by atoms with van der Waals surface area (Å²) < 4.78 is 5.25. The predicted molar refractivity (Wildman–Crippen MR) is 92.3 cm³/mol. The fraction of sp³-hybridized carbons (Fsp3) is 0.176. The zero-order valence-electron chi connectivity index (χ0n) is 12.4. The minimum Gasteiger partial charge on any atom is -0.390 e. The van der Waals surface area contributed by atoms with Crippen molar-refractivity contribution in [2.45, 2.75) is 18.6 Å². The molecule has 0 fully saturated rings. The largest absolute Gasteiger partial charge is 0.390 e. The molecule has 0 saturated heterocycles. The quantitative estimate of drug-likeness (QED) is 0.734. The average Bonchev–Trinajstić information content (AvgIpc) is 3.12. The van der Waals surface area contributed by atoms with Gasteiger partial charge in [-0.1, -0.05) is 52.6 Å². The zero-order chi connectivity index (χ0) is 16.7. The van der Waals surface area contributed by atoms with Crippen LogP contribution >= 0.6 is 23.2 Å². The van der Waals surface area contributed by atoms with Crippen LogP contribution in [0.4, 0.5) is 6.01 Å². The summed E-state index contributed by atoms with van der Waals surface area (Å²) in [6.07, 6.45) is 0.0528. The topological polar surface area (TPSA) is 71.2 Å². The van der Waals surface area contributed by atoms with Crippen LogP contribution in [0.1, 0.15) is 17.2 Å². The molecule has 0 saturated carbocycles. The summed E-state index contributed by atoms with van der Waals surface area (Å²) in [6, 6.07) is 12.9. The van der Waals surface area contributed by atoms with Crippen LogP contribution in [0.25, 0.3) is 11.4 Å². The summed E-state index contributed by atoms with van der Waals surface area (Å²) in [5.74, 6) is 0.377. The highest BCUT2D eigenvalue weighted by molar-refractivity contribution is 6.35. The summed E-state index contributed by atoms with van der Waals surface area (Å²) in [7, 11) is 0. The molecule has 2 atom stereocenters. The summed E-state index contributed by atoms with van der Waals surface area (Å²) >= 11 is 12.0. The summed E-state index contributed by atoms with van der Waals surface area (Å²) in [5.41, 5.74) is 2.82. The van der Waals surface area contributed by atoms with Crippen molar-refractivity contribution >= 4 is 29.2 Å². The first-order valence-corrected chi connectivity index (χ1v) is 8.18. The Hall–Kier alpha value is -2.08. The van der Waals surface area contributed by atoms with Crippen molar-refractivity contribution < 1.29 is 9.63 Å². The van der Waals surface area contributed by atoms with Gasteiger partial charge in [-0.15, -0.1) is 0 Å². The number of nitrogens with zero attached hydrogens (tertiary/aromatic N) is 2. The predicted octanol–water partition coefficient (Wildman–Crippen LogP) is 4.11. The van der Waals surface area contributed by atoms with Crippen LogP contribution in [-0.4, -0.2) is 21.4 Å². The Balaban J connectivity index is 1.60. The molecule has 122 valence electrons. The lowest BCUT2D eigenvalue weighted by Gasteiger charge is -2.15. The standard InChI is InChI=1S/C17H13Cl2N3O2/c18-11-5-10(6-12(19)8-11)16-21-17(24-22-16)20-15-13-4-2-1-3-9(13)7-14(15)23/h1-6,8,14-15,23H,7H2,(H,20,21,22)/t14-,15+/m1/s1. The highest BCUT2D eigenvalue weighted by Gasteiger charge is 2.31. The summed E-state index contributed by atoms with van der Waals surface area (Å²) in [4.78, 5) is 4.32. The number of aliphatic hydroxyl groups excluding tert-OH is 1. The van der Waals surface area contributed by atoms with E-state index < -0.39 is 6.10 Å². The fourth-order valence-electron chi connectivity index (χ4n) is 2.96. The van der Waals surface area contributed by atoms with Crippen molar-refractivity contribution in [2.75, 3.05) is 5.32 Å². The van der Waals surface area contributed by atoms with Gasteiger partial charge in [-0.2, -0.15) is 4.98 Å². The smallest absolute Gasteiger partial charge is 0.322 e. The molecule has 0 aliphatic heterocycles. The molecule has 7 heteroatoms. The van der Waals surface area contributed by atoms with Crippen LogP contribution < -0.4 is 5.32 Å². The third kappa shape index (κ3) is 2.86. The number of benzene rings is 2. The SMILES string of the molecule is O[C@@H]1Cc2ccccc2[C@@H]1Nc1nc(-c2cc(Cl)cc(Cl)c2)no1. The van der Waals surface area contributed by atoms with Crippen molar-refractivity contribution in [3.63, 3.8) is 0 Å². The first kappa shape index (κ1) is 15.4. The van der Waals surface area contributed by atoms with Gasteiger partial charge in [0.1, 0.15) is 0 Å². The molecule has 1 aromatic heterocycles. The number of halogens is 2. The molecule has 4 rings (SSSR count). The van der Waals surface area contributed by atoms with Gasteiger partial charge in [-0.25, -0.2) is 0 Å². The maximum atomic E-state index is 10.3. The van der Waals surface area contributed by atoms with Crippen molar-refractivity contribution in [3.05, 3.63) is 63.6 Å². The Morgan fingerprint density at radius 3 is 2.67 bits per heavy atom. The Bertz CT molecular complexity index is 877. The lowest BCUT2D eigenvalue weighted by atomic mass is 10.1. The van der Waals surface area contributed by atoms with Crippen LogP contribution in [-0.2, 0) is 6.42 Å². The van der Waals surface area contributed by atoms with Gasteiger partial charge in [0.15, 0.2) is 0 Å². The van der Waals surface area contributed by atoms with E-state index in [1.54, 1.807) is 18.2 Å². The molecule has 1 aliphatic carbocycles. The highest BCUT2D eigenvalue weighted by atomic mass is 35.5. The van der Waals surface area contributed by atoms with Gasteiger partial charge < -0.3 is 14.9 Å². The van der Waals surface area contributed by atoms with E-state index in [1.165, 1.54) is 0 Å². The van der Waals surface area contributed by atoms with Gasteiger partial charge in [0.25, 0.3) is 0 Å². The molecular weight excluding hydrogens is 349 g/mol. The number of nitrogens with one attached hydrogen (secondary N) is 1. The van der Waals surface area contributed by atoms with E-state index in [0.29, 0.717) is 27.9 Å². The average molecular weight is 362 g/mol. The molecule has 0 unspecified atom stereocenters. The number of aromatic nitrogens is 2. The van der Waals surface area contributed by atoms with E-state index in [2.05, 4.69) is 15.5 Å². The number of hydrogen-bond donors (Lipinski definition) is 2. The maximum absolute atomic E-state index is 10.3. The van der Waals surface area contributed by atoms with Crippen molar-refractivity contribution in [1.82, 2.24) is 10.1 Å². The lowest BCUT2D eigenvalue weighted by Crippen LogP contribution is -2.21. The minimum absolute atomic E-state index is 0.238. The third-order valence-electron chi connectivity index (χ3n) is 4.03. The first-order valence-electron chi connectivity index (χ1n) is 7.43. The van der Waals surface area contributed by atoms with E-state index >= 15 is 0 Å². The second kappa shape index (κ2) is 6.09. The van der Waals surface area contributed by atoms with Crippen molar-refractivity contribution in [2.24, 2.45) is 0 Å². The number of aliphatic hydroxyl groups is 1. The van der Waals surface area contributed by atoms with Gasteiger partial charge in [0.2, 0.25) is 5.82 Å². The molecule has 1 aliphatic rings. The number of fused-ring (bicyclic) bond motifs is 1. The van der Waals surface area contributed by atoms with Crippen LogP contribution in [0.5, 0.6) is 0 Å². The Labute approximate surface area is 148 Å². The molecule has 5 nitrogen and oxygen atoms in total. The Morgan fingerprint density at radius 1 is 1.12 bits per heavy atom. The van der Waals surface area contributed by atoms with Crippen molar-refractivity contribution in [1.29, 1.82) is 0 Å². The van der Waals surface area contributed by atoms with Crippen LogP contribution in [0, 0.1) is 0 Å². The van der Waals surface area contributed by atoms with Crippen LogP contribution in [0.2, 0.25) is 10.0 Å². The number of hydrogen-bond acceptors (Lipinski definition) is 5. The number of anilines is 1. The molecule has 0 amide bonds. The normalized spacial score (nSPS) is 19.3. The maximum Gasteiger partial charge on any atom is 0.322 e. The van der Waals surface area contributed by atoms with Crippen molar-refractivity contribution in [3.8, 4) is 11.4 Å². The van der Waals surface area contributed by atoms with E-state index in [9.17, 15) is 5.11 Å². The van der Waals surface area contributed by atoms with Gasteiger partial charge in [0.05, 0.1) is 12.1 Å². The molecule has 0 bridgehead atoms. The Kier molecular flexibility index (Phi) is 3.92. The first-order chi connectivity index (χ1) is 11.6. The number of rotatable bonds is 3. The third-order valence-corrected chi connectivity index (χ3v) is 4.47. The zero-order valence-corrected chi connectivity index (χ0v) is 13.9.